The number of carbonyl (C=O) groups is 2. The number of nitrogens with one attached hydrogen (secondary N) is 3. The van der Waals surface area contributed by atoms with E-state index in [2.05, 4.69) is 31.3 Å². The van der Waals surface area contributed by atoms with Crippen LogP contribution in [0.1, 0.15) is 0 Å². The molecule has 1 aromatic heterocycles. The number of rotatable bonds is 4. The molecule has 0 aliphatic heterocycles. The Labute approximate surface area is 90.6 Å². The first-order chi connectivity index (χ1) is 6.72. The fraction of sp³-hybridized carbons (Fsp3) is 0.400. The lowest BCUT2D eigenvalue weighted by molar-refractivity contribution is -0.123. The summed E-state index contributed by atoms with van der Waals surface area (Å²) < 4.78 is 0. The van der Waals surface area contributed by atoms with E-state index in [1.807, 2.05) is 0 Å². The topological polar surface area (TPSA) is 139 Å². The lowest BCUT2D eigenvalue weighted by atomic mass is 10.5. The summed E-state index contributed by atoms with van der Waals surface area (Å²) in [6.45, 7) is -0.333. The van der Waals surface area contributed by atoms with Crippen molar-refractivity contribution in [2.45, 2.75) is 0 Å². The second-order valence-corrected chi connectivity index (χ2v) is 2.26. The highest BCUT2D eigenvalue weighted by molar-refractivity contribution is 5.93. The van der Waals surface area contributed by atoms with E-state index in [4.69, 9.17) is 5.73 Å². The van der Waals surface area contributed by atoms with Crippen LogP contribution >= 0.6 is 12.4 Å². The molecule has 9 nitrogen and oxygen atoms in total. The number of nitrogens with zero attached hydrogens (tertiary/aromatic N) is 3. The fourth-order valence-electron chi connectivity index (χ4n) is 0.635. The molecule has 0 unspecified atom stereocenters. The van der Waals surface area contributed by atoms with E-state index in [1.165, 1.54) is 0 Å². The summed E-state index contributed by atoms with van der Waals surface area (Å²) in [6.07, 6.45) is 0. The molecule has 0 spiro atoms. The number of aromatic nitrogens is 4. The molecule has 0 aliphatic rings. The molecule has 2 amide bonds. The number of tetrazole rings is 1. The zero-order valence-corrected chi connectivity index (χ0v) is 8.37. The van der Waals surface area contributed by atoms with E-state index in [-0.39, 0.29) is 31.4 Å². The van der Waals surface area contributed by atoms with Crippen molar-refractivity contribution in [3.8, 4) is 0 Å². The predicted octanol–water partition coefficient (Wildman–Crippen LogP) is -2.37. The SMILES string of the molecule is Cl.NCC(=O)NCC(=O)Nc1nn[nH]n1. The standard InChI is InChI=1S/C5H9N7O2.ClH/c6-1-3(13)7-2-4(14)8-5-9-11-12-10-5;/h1-2,6H2,(H,7,13)(H2,8,9,10,11,12,14);1H. The minimum Gasteiger partial charge on any atom is -0.346 e. The van der Waals surface area contributed by atoms with Gasteiger partial charge in [-0.3, -0.25) is 14.9 Å². The molecule has 10 heteroatoms. The molecule has 1 rings (SSSR count). The van der Waals surface area contributed by atoms with Crippen molar-refractivity contribution in [2.24, 2.45) is 5.73 Å². The third kappa shape index (κ3) is 4.88. The molecule has 0 fully saturated rings. The smallest absolute Gasteiger partial charge is 0.269 e. The van der Waals surface area contributed by atoms with E-state index in [0.29, 0.717) is 0 Å². The molecule has 0 atom stereocenters. The Morgan fingerprint density at radius 2 is 2.13 bits per heavy atom. The highest BCUT2D eigenvalue weighted by atomic mass is 35.5. The Morgan fingerprint density at radius 1 is 1.40 bits per heavy atom. The first-order valence-electron chi connectivity index (χ1n) is 3.72. The summed E-state index contributed by atoms with van der Waals surface area (Å²) in [6, 6.07) is 0. The third-order valence-corrected chi connectivity index (χ3v) is 1.23. The molecule has 1 heterocycles. The second-order valence-electron chi connectivity index (χ2n) is 2.26. The number of hydrogen-bond donors (Lipinski definition) is 4. The van der Waals surface area contributed by atoms with Crippen molar-refractivity contribution >= 4 is 30.2 Å². The van der Waals surface area contributed by atoms with E-state index in [9.17, 15) is 9.59 Å². The molecule has 0 aliphatic carbocycles. The lowest BCUT2D eigenvalue weighted by Gasteiger charge is -2.01. The van der Waals surface area contributed by atoms with Gasteiger partial charge in [-0.1, -0.05) is 5.10 Å². The first-order valence-corrected chi connectivity index (χ1v) is 3.72. The van der Waals surface area contributed by atoms with Crippen LogP contribution in [-0.2, 0) is 9.59 Å². The van der Waals surface area contributed by atoms with Crippen LogP contribution in [0.15, 0.2) is 0 Å². The van der Waals surface area contributed by atoms with Gasteiger partial charge in [0, 0.05) is 0 Å². The van der Waals surface area contributed by atoms with Gasteiger partial charge in [0.15, 0.2) is 0 Å². The minimum absolute atomic E-state index is 0. The Bertz CT molecular complexity index is 313. The molecule has 0 saturated carbocycles. The maximum atomic E-state index is 11.0. The number of halogens is 1. The maximum absolute atomic E-state index is 11.0. The van der Waals surface area contributed by atoms with Gasteiger partial charge in [-0.05, 0) is 5.21 Å². The maximum Gasteiger partial charge on any atom is 0.269 e. The first kappa shape index (κ1) is 13.3. The van der Waals surface area contributed by atoms with Gasteiger partial charge in [0.2, 0.25) is 11.8 Å². The van der Waals surface area contributed by atoms with Gasteiger partial charge in [0.05, 0.1) is 13.1 Å². The van der Waals surface area contributed by atoms with Gasteiger partial charge in [0.25, 0.3) is 5.95 Å². The number of hydrogen-bond acceptors (Lipinski definition) is 6. The van der Waals surface area contributed by atoms with Crippen LogP contribution in [0.4, 0.5) is 5.95 Å². The van der Waals surface area contributed by atoms with Crippen molar-refractivity contribution in [2.75, 3.05) is 18.4 Å². The molecular formula is C5H10ClN7O2. The monoisotopic (exact) mass is 235 g/mol. The average Bonchev–Trinajstić information content (AvgIpc) is 2.66. The van der Waals surface area contributed by atoms with E-state index >= 15 is 0 Å². The minimum atomic E-state index is -0.451. The number of nitrogens with two attached hydrogens (primary N) is 1. The quantitative estimate of drug-likeness (QED) is 0.460. The van der Waals surface area contributed by atoms with Crippen LogP contribution < -0.4 is 16.4 Å². The molecule has 0 aromatic carbocycles. The van der Waals surface area contributed by atoms with Crippen molar-refractivity contribution in [1.29, 1.82) is 0 Å². The summed E-state index contributed by atoms with van der Waals surface area (Å²) in [5, 5.41) is 16.9. The van der Waals surface area contributed by atoms with Crippen LogP contribution in [0.25, 0.3) is 0 Å². The van der Waals surface area contributed by atoms with Crippen LogP contribution in [0, 0.1) is 0 Å². The number of carbonyl (C=O) groups excluding carboxylic acids is 2. The molecule has 0 saturated heterocycles. The summed E-state index contributed by atoms with van der Waals surface area (Å²) >= 11 is 0. The van der Waals surface area contributed by atoms with E-state index in [0.717, 1.165) is 0 Å². The van der Waals surface area contributed by atoms with Gasteiger partial charge in [-0.25, -0.2) is 0 Å². The summed E-state index contributed by atoms with van der Waals surface area (Å²) in [5.74, 6) is -0.807. The Hall–Kier alpha value is -1.74. The number of anilines is 1. The normalized spacial score (nSPS) is 8.87. The predicted molar refractivity (Wildman–Crippen MR) is 52.1 cm³/mol. The second kappa shape index (κ2) is 6.68. The van der Waals surface area contributed by atoms with Gasteiger partial charge in [-0.15, -0.1) is 17.5 Å². The zero-order valence-electron chi connectivity index (χ0n) is 7.56. The summed E-state index contributed by atoms with van der Waals surface area (Å²) in [7, 11) is 0. The van der Waals surface area contributed by atoms with Gasteiger partial charge in [0.1, 0.15) is 0 Å². The Kier molecular flexibility index (Phi) is 5.90. The Balaban J connectivity index is 0.00000196. The van der Waals surface area contributed by atoms with Crippen LogP contribution in [0.3, 0.4) is 0 Å². The van der Waals surface area contributed by atoms with Gasteiger partial charge >= 0.3 is 0 Å². The largest absolute Gasteiger partial charge is 0.346 e. The van der Waals surface area contributed by atoms with Crippen molar-refractivity contribution in [3.63, 3.8) is 0 Å². The fourth-order valence-corrected chi connectivity index (χ4v) is 0.635. The van der Waals surface area contributed by atoms with Gasteiger partial charge in [-0.2, -0.15) is 5.21 Å². The molecule has 0 radical (unpaired) electrons. The molecular weight excluding hydrogens is 226 g/mol. The summed E-state index contributed by atoms with van der Waals surface area (Å²) in [4.78, 5) is 21.7. The highest BCUT2D eigenvalue weighted by Crippen LogP contribution is 1.88. The van der Waals surface area contributed by atoms with Gasteiger partial charge < -0.3 is 11.1 Å². The van der Waals surface area contributed by atoms with E-state index in [1.54, 1.807) is 0 Å². The van der Waals surface area contributed by atoms with Crippen molar-refractivity contribution in [3.05, 3.63) is 0 Å². The van der Waals surface area contributed by atoms with Crippen LogP contribution in [0.2, 0.25) is 0 Å². The number of aromatic amines is 1. The third-order valence-electron chi connectivity index (χ3n) is 1.23. The molecule has 5 N–H and O–H groups in total. The molecule has 0 bridgehead atoms. The van der Waals surface area contributed by atoms with Crippen molar-refractivity contribution < 1.29 is 9.59 Å². The van der Waals surface area contributed by atoms with E-state index < -0.39 is 11.8 Å². The summed E-state index contributed by atoms with van der Waals surface area (Å²) in [5.41, 5.74) is 5.01. The van der Waals surface area contributed by atoms with Crippen molar-refractivity contribution in [1.82, 2.24) is 25.9 Å². The van der Waals surface area contributed by atoms with Crippen LogP contribution in [0.5, 0.6) is 0 Å². The average molecular weight is 236 g/mol. The molecule has 15 heavy (non-hydrogen) atoms. The Morgan fingerprint density at radius 3 is 2.67 bits per heavy atom. The molecule has 84 valence electrons. The highest BCUT2D eigenvalue weighted by Gasteiger charge is 2.06. The molecule has 1 aromatic rings. The zero-order chi connectivity index (χ0) is 10.4. The number of H-pyrrole nitrogens is 1. The van der Waals surface area contributed by atoms with Crippen LogP contribution in [-0.4, -0.2) is 45.5 Å². The lowest BCUT2D eigenvalue weighted by Crippen LogP contribution is -2.36. The number of amides is 2.